The Morgan fingerprint density at radius 3 is 2.80 bits per heavy atom. The summed E-state index contributed by atoms with van der Waals surface area (Å²) in [4.78, 5) is 14.7. The second-order valence-electron chi connectivity index (χ2n) is 5.77. The molecule has 2 heterocycles. The molecule has 0 saturated heterocycles. The van der Waals surface area contributed by atoms with E-state index < -0.39 is 0 Å². The van der Waals surface area contributed by atoms with Crippen LogP contribution in [-0.4, -0.2) is 28.1 Å². The normalized spacial score (nSPS) is 17.5. The summed E-state index contributed by atoms with van der Waals surface area (Å²) in [7, 11) is 1.83. The largest absolute Gasteiger partial charge is 0.360 e. The van der Waals surface area contributed by atoms with Crippen molar-refractivity contribution in [3.63, 3.8) is 0 Å². The first kappa shape index (κ1) is 17.6. The van der Waals surface area contributed by atoms with E-state index in [-0.39, 0.29) is 11.9 Å². The molecule has 0 saturated carbocycles. The van der Waals surface area contributed by atoms with Gasteiger partial charge >= 0.3 is 0 Å². The molecule has 25 heavy (non-hydrogen) atoms. The van der Waals surface area contributed by atoms with Crippen molar-refractivity contribution in [3.05, 3.63) is 57.4 Å². The number of allylic oxidation sites excluding steroid dienone is 1. The summed E-state index contributed by atoms with van der Waals surface area (Å²) < 4.78 is 5.94. The van der Waals surface area contributed by atoms with Gasteiger partial charge in [0.25, 0.3) is 5.91 Å². The minimum absolute atomic E-state index is 0.252. The van der Waals surface area contributed by atoms with Crippen LogP contribution in [0.15, 0.2) is 50.6 Å². The highest BCUT2D eigenvalue weighted by Gasteiger charge is 2.32. The van der Waals surface area contributed by atoms with Crippen LogP contribution < -0.4 is 10.6 Å². The molecular formula is C17H17BrN4O2S. The summed E-state index contributed by atoms with van der Waals surface area (Å²) in [6.07, 6.45) is 0. The zero-order chi connectivity index (χ0) is 18.1. The molecule has 130 valence electrons. The maximum absolute atomic E-state index is 12.9. The van der Waals surface area contributed by atoms with E-state index in [2.05, 4.69) is 31.7 Å². The SMILES string of the molecule is CC1=C(C(=O)Nc2cc(C)on2)[C@@H](c2cccc(Br)c2)NC(=S)N1C. The molecule has 0 unspecified atom stereocenters. The van der Waals surface area contributed by atoms with E-state index in [4.69, 9.17) is 16.7 Å². The van der Waals surface area contributed by atoms with E-state index in [0.29, 0.717) is 22.3 Å². The van der Waals surface area contributed by atoms with Gasteiger partial charge in [-0.3, -0.25) is 4.79 Å². The van der Waals surface area contributed by atoms with Crippen LogP contribution in [0.3, 0.4) is 0 Å². The lowest BCUT2D eigenvalue weighted by Gasteiger charge is -2.35. The Kier molecular flexibility index (Phi) is 4.91. The van der Waals surface area contributed by atoms with Crippen LogP contribution in [0.25, 0.3) is 0 Å². The van der Waals surface area contributed by atoms with Crippen LogP contribution in [0.4, 0.5) is 5.82 Å². The van der Waals surface area contributed by atoms with E-state index in [1.807, 2.05) is 38.2 Å². The highest BCUT2D eigenvalue weighted by molar-refractivity contribution is 9.10. The Morgan fingerprint density at radius 1 is 1.40 bits per heavy atom. The number of thiocarbonyl (C=S) groups is 1. The molecule has 8 heteroatoms. The molecule has 1 atom stereocenters. The molecular weight excluding hydrogens is 404 g/mol. The number of amides is 1. The molecule has 2 N–H and O–H groups in total. The van der Waals surface area contributed by atoms with Gasteiger partial charge in [-0.05, 0) is 43.8 Å². The van der Waals surface area contributed by atoms with Crippen molar-refractivity contribution in [2.45, 2.75) is 19.9 Å². The fourth-order valence-corrected chi connectivity index (χ4v) is 3.35. The van der Waals surface area contributed by atoms with Gasteiger partial charge in [0.15, 0.2) is 10.9 Å². The number of anilines is 1. The van der Waals surface area contributed by atoms with Crippen LogP contribution in [0, 0.1) is 6.92 Å². The van der Waals surface area contributed by atoms with Crippen molar-refractivity contribution in [2.24, 2.45) is 0 Å². The van der Waals surface area contributed by atoms with E-state index in [1.165, 1.54) is 0 Å². The van der Waals surface area contributed by atoms with E-state index in [0.717, 1.165) is 15.7 Å². The van der Waals surface area contributed by atoms with Gasteiger partial charge in [0, 0.05) is 23.3 Å². The number of benzene rings is 1. The van der Waals surface area contributed by atoms with Crippen LogP contribution >= 0.6 is 28.1 Å². The van der Waals surface area contributed by atoms with Crippen molar-refractivity contribution in [3.8, 4) is 0 Å². The minimum Gasteiger partial charge on any atom is -0.360 e. The number of nitrogens with zero attached hydrogens (tertiary/aromatic N) is 2. The van der Waals surface area contributed by atoms with E-state index in [1.54, 1.807) is 17.9 Å². The highest BCUT2D eigenvalue weighted by atomic mass is 79.9. The van der Waals surface area contributed by atoms with Crippen LogP contribution in [0.2, 0.25) is 0 Å². The van der Waals surface area contributed by atoms with Crippen molar-refractivity contribution in [1.29, 1.82) is 0 Å². The zero-order valence-corrected chi connectivity index (χ0v) is 16.4. The zero-order valence-electron chi connectivity index (χ0n) is 14.0. The molecule has 1 amide bonds. The molecule has 0 bridgehead atoms. The van der Waals surface area contributed by atoms with Crippen LogP contribution in [0.1, 0.15) is 24.3 Å². The second kappa shape index (κ2) is 6.97. The van der Waals surface area contributed by atoms with Gasteiger partial charge in [-0.25, -0.2) is 0 Å². The molecule has 0 aliphatic carbocycles. The maximum atomic E-state index is 12.9. The summed E-state index contributed by atoms with van der Waals surface area (Å²) in [6.45, 7) is 3.65. The molecule has 0 spiro atoms. The van der Waals surface area contributed by atoms with Gasteiger partial charge < -0.3 is 20.1 Å². The fraction of sp³-hybridized carbons (Fsp3) is 0.235. The highest BCUT2D eigenvalue weighted by Crippen LogP contribution is 2.31. The van der Waals surface area contributed by atoms with Gasteiger partial charge in [0.2, 0.25) is 0 Å². The number of halogens is 1. The lowest BCUT2D eigenvalue weighted by atomic mass is 9.94. The minimum atomic E-state index is -0.353. The number of carbonyl (C=O) groups is 1. The molecule has 1 aromatic heterocycles. The third-order valence-corrected chi connectivity index (χ3v) is 4.94. The van der Waals surface area contributed by atoms with Crippen LogP contribution in [-0.2, 0) is 4.79 Å². The smallest absolute Gasteiger partial charge is 0.257 e. The Labute approximate surface area is 159 Å². The van der Waals surface area contributed by atoms with Crippen molar-refractivity contribution in [1.82, 2.24) is 15.4 Å². The van der Waals surface area contributed by atoms with Crippen molar-refractivity contribution >= 4 is 45.0 Å². The average molecular weight is 421 g/mol. The van der Waals surface area contributed by atoms with E-state index in [9.17, 15) is 4.79 Å². The quantitative estimate of drug-likeness (QED) is 0.740. The van der Waals surface area contributed by atoms with Crippen LogP contribution in [0.5, 0.6) is 0 Å². The molecule has 0 radical (unpaired) electrons. The predicted octanol–water partition coefficient (Wildman–Crippen LogP) is 3.52. The number of hydrogen-bond acceptors (Lipinski definition) is 4. The van der Waals surface area contributed by atoms with E-state index >= 15 is 0 Å². The van der Waals surface area contributed by atoms with Gasteiger partial charge in [-0.15, -0.1) is 0 Å². The third-order valence-electron chi connectivity index (χ3n) is 4.05. The predicted molar refractivity (Wildman–Crippen MR) is 103 cm³/mol. The number of hydrogen-bond donors (Lipinski definition) is 2. The lowest BCUT2D eigenvalue weighted by Crippen LogP contribution is -2.46. The summed E-state index contributed by atoms with van der Waals surface area (Å²) in [6, 6.07) is 9.10. The summed E-state index contributed by atoms with van der Waals surface area (Å²) in [5, 5.41) is 10.4. The lowest BCUT2D eigenvalue weighted by molar-refractivity contribution is -0.113. The van der Waals surface area contributed by atoms with Gasteiger partial charge in [-0.1, -0.05) is 33.2 Å². The third kappa shape index (κ3) is 3.59. The Hall–Kier alpha value is -2.19. The van der Waals surface area contributed by atoms with Crippen molar-refractivity contribution in [2.75, 3.05) is 12.4 Å². The molecule has 2 aromatic rings. The summed E-state index contributed by atoms with van der Waals surface area (Å²) in [5.41, 5.74) is 2.30. The number of rotatable bonds is 3. The summed E-state index contributed by atoms with van der Waals surface area (Å²) in [5.74, 6) is 0.758. The molecule has 1 aliphatic rings. The number of aromatic nitrogens is 1. The van der Waals surface area contributed by atoms with Gasteiger partial charge in [0.05, 0.1) is 11.6 Å². The fourth-order valence-electron chi connectivity index (χ4n) is 2.67. The first-order chi connectivity index (χ1) is 11.9. The molecule has 1 aliphatic heterocycles. The van der Waals surface area contributed by atoms with Gasteiger partial charge in [-0.2, -0.15) is 0 Å². The number of aryl methyl sites for hydroxylation is 1. The number of nitrogens with one attached hydrogen (secondary N) is 2. The Balaban J connectivity index is 2.00. The first-order valence-electron chi connectivity index (χ1n) is 7.62. The first-order valence-corrected chi connectivity index (χ1v) is 8.82. The Bertz CT molecular complexity index is 877. The second-order valence-corrected chi connectivity index (χ2v) is 7.07. The standard InChI is InChI=1S/C17H17BrN4O2S/c1-9-7-13(21-24-9)19-16(23)14-10(2)22(3)17(25)20-15(14)11-5-4-6-12(18)8-11/h4-8,15H,1-3H3,(H,20,25)(H,19,21,23)/t15-/m1/s1. The topological polar surface area (TPSA) is 70.4 Å². The summed E-state index contributed by atoms with van der Waals surface area (Å²) >= 11 is 8.87. The average Bonchev–Trinajstić information content (AvgIpc) is 2.97. The molecule has 6 nitrogen and oxygen atoms in total. The Morgan fingerprint density at radius 2 is 2.16 bits per heavy atom. The molecule has 3 rings (SSSR count). The molecule has 1 aromatic carbocycles. The molecule has 0 fully saturated rings. The monoisotopic (exact) mass is 420 g/mol. The van der Waals surface area contributed by atoms with Gasteiger partial charge in [0.1, 0.15) is 5.76 Å². The number of carbonyl (C=O) groups excluding carboxylic acids is 1. The maximum Gasteiger partial charge on any atom is 0.257 e. The van der Waals surface area contributed by atoms with Crippen molar-refractivity contribution < 1.29 is 9.32 Å².